The van der Waals surface area contributed by atoms with Gasteiger partial charge in [0.25, 0.3) is 5.22 Å². The standard InChI is InChI=1S/C13H16N2O2S/c1-13(2,3)15-11(16)8-18-12-14-9-6-4-5-7-10(9)17-12/h4-7H,8H2,1-3H3,(H,15,16). The van der Waals surface area contributed by atoms with Crippen LogP contribution < -0.4 is 5.32 Å². The van der Waals surface area contributed by atoms with Gasteiger partial charge in [-0.05, 0) is 32.9 Å². The minimum absolute atomic E-state index is 0.0187. The van der Waals surface area contributed by atoms with E-state index in [0.717, 1.165) is 11.1 Å². The van der Waals surface area contributed by atoms with Crippen molar-refractivity contribution in [2.45, 2.75) is 31.5 Å². The molecule has 1 amide bonds. The molecular weight excluding hydrogens is 248 g/mol. The van der Waals surface area contributed by atoms with E-state index in [-0.39, 0.29) is 11.4 Å². The molecule has 2 rings (SSSR count). The van der Waals surface area contributed by atoms with Gasteiger partial charge in [0, 0.05) is 5.54 Å². The summed E-state index contributed by atoms with van der Waals surface area (Å²) in [6.45, 7) is 5.86. The van der Waals surface area contributed by atoms with Crippen LogP contribution in [0, 0.1) is 0 Å². The molecule has 5 heteroatoms. The fourth-order valence-electron chi connectivity index (χ4n) is 1.49. The van der Waals surface area contributed by atoms with Crippen LogP contribution in [0.3, 0.4) is 0 Å². The molecule has 0 unspecified atom stereocenters. The average molecular weight is 264 g/mol. The number of hydrogen-bond donors (Lipinski definition) is 1. The maximum absolute atomic E-state index is 11.6. The van der Waals surface area contributed by atoms with E-state index >= 15 is 0 Å². The van der Waals surface area contributed by atoms with Crippen LogP contribution >= 0.6 is 11.8 Å². The lowest BCUT2D eigenvalue weighted by atomic mass is 10.1. The van der Waals surface area contributed by atoms with E-state index in [1.54, 1.807) is 0 Å². The van der Waals surface area contributed by atoms with Crippen molar-refractivity contribution in [2.24, 2.45) is 0 Å². The van der Waals surface area contributed by atoms with Crippen molar-refractivity contribution < 1.29 is 9.21 Å². The molecule has 0 aliphatic rings. The van der Waals surface area contributed by atoms with Crippen molar-refractivity contribution in [3.63, 3.8) is 0 Å². The molecule has 1 N–H and O–H groups in total. The number of fused-ring (bicyclic) bond motifs is 1. The quantitative estimate of drug-likeness (QED) is 0.866. The Morgan fingerprint density at radius 3 is 2.78 bits per heavy atom. The maximum atomic E-state index is 11.6. The topological polar surface area (TPSA) is 55.1 Å². The van der Waals surface area contributed by atoms with E-state index in [1.807, 2.05) is 45.0 Å². The summed E-state index contributed by atoms with van der Waals surface area (Å²) in [4.78, 5) is 15.9. The van der Waals surface area contributed by atoms with Crippen LogP contribution in [0.15, 0.2) is 33.9 Å². The third-order valence-electron chi connectivity index (χ3n) is 2.12. The SMILES string of the molecule is CC(C)(C)NC(=O)CSc1nc2ccccc2o1. The van der Waals surface area contributed by atoms with Gasteiger partial charge in [0.2, 0.25) is 5.91 Å². The van der Waals surface area contributed by atoms with E-state index in [0.29, 0.717) is 11.0 Å². The smallest absolute Gasteiger partial charge is 0.257 e. The van der Waals surface area contributed by atoms with E-state index < -0.39 is 0 Å². The van der Waals surface area contributed by atoms with Gasteiger partial charge >= 0.3 is 0 Å². The Bertz CT molecular complexity index is 524. The molecule has 18 heavy (non-hydrogen) atoms. The molecule has 96 valence electrons. The number of carbonyl (C=O) groups is 1. The highest BCUT2D eigenvalue weighted by atomic mass is 32.2. The van der Waals surface area contributed by atoms with Crippen LogP contribution in [0.2, 0.25) is 0 Å². The van der Waals surface area contributed by atoms with E-state index in [2.05, 4.69) is 10.3 Å². The first-order valence-corrected chi connectivity index (χ1v) is 6.72. The lowest BCUT2D eigenvalue weighted by Gasteiger charge is -2.19. The van der Waals surface area contributed by atoms with Gasteiger partial charge in [-0.15, -0.1) is 0 Å². The van der Waals surface area contributed by atoms with Crippen LogP contribution in [-0.4, -0.2) is 22.2 Å². The Morgan fingerprint density at radius 2 is 2.11 bits per heavy atom. The highest BCUT2D eigenvalue weighted by molar-refractivity contribution is 7.99. The van der Waals surface area contributed by atoms with Crippen molar-refractivity contribution in [3.8, 4) is 0 Å². The Kier molecular flexibility index (Phi) is 3.61. The van der Waals surface area contributed by atoms with Gasteiger partial charge < -0.3 is 9.73 Å². The zero-order valence-electron chi connectivity index (χ0n) is 10.7. The predicted octanol–water partition coefficient (Wildman–Crippen LogP) is 2.83. The summed E-state index contributed by atoms with van der Waals surface area (Å²) in [5.41, 5.74) is 1.35. The molecule has 0 saturated heterocycles. The summed E-state index contributed by atoms with van der Waals surface area (Å²) in [5, 5.41) is 3.42. The molecule has 0 radical (unpaired) electrons. The fraction of sp³-hybridized carbons (Fsp3) is 0.385. The van der Waals surface area contributed by atoms with Gasteiger partial charge in [-0.25, -0.2) is 4.98 Å². The van der Waals surface area contributed by atoms with Gasteiger partial charge in [0.1, 0.15) is 5.52 Å². The number of amides is 1. The number of rotatable bonds is 3. The first-order chi connectivity index (χ1) is 8.44. The number of benzene rings is 1. The molecule has 0 saturated carbocycles. The molecule has 1 aromatic carbocycles. The molecule has 0 fully saturated rings. The lowest BCUT2D eigenvalue weighted by Crippen LogP contribution is -2.41. The number of carbonyl (C=O) groups excluding carboxylic acids is 1. The van der Waals surface area contributed by atoms with Crippen LogP contribution in [0.25, 0.3) is 11.1 Å². The second-order valence-electron chi connectivity index (χ2n) is 5.03. The molecule has 0 aliphatic carbocycles. The largest absolute Gasteiger partial charge is 0.431 e. The first kappa shape index (κ1) is 13.0. The van der Waals surface area contributed by atoms with Crippen molar-refractivity contribution in [2.75, 3.05) is 5.75 Å². The molecule has 0 aliphatic heterocycles. The first-order valence-electron chi connectivity index (χ1n) is 5.73. The summed E-state index contributed by atoms with van der Waals surface area (Å²) < 4.78 is 5.52. The highest BCUT2D eigenvalue weighted by Gasteiger charge is 2.15. The Morgan fingerprint density at radius 1 is 1.39 bits per heavy atom. The summed E-state index contributed by atoms with van der Waals surface area (Å²) in [6.07, 6.45) is 0. The minimum Gasteiger partial charge on any atom is -0.431 e. The zero-order valence-corrected chi connectivity index (χ0v) is 11.5. The second kappa shape index (κ2) is 5.02. The van der Waals surface area contributed by atoms with Crippen LogP contribution in [-0.2, 0) is 4.79 Å². The van der Waals surface area contributed by atoms with Crippen molar-refractivity contribution in [1.29, 1.82) is 0 Å². The Labute approximate surface area is 110 Å². The monoisotopic (exact) mass is 264 g/mol. The highest BCUT2D eigenvalue weighted by Crippen LogP contribution is 2.22. The average Bonchev–Trinajstić information content (AvgIpc) is 2.66. The Balaban J connectivity index is 1.96. The molecule has 1 aromatic heterocycles. The van der Waals surface area contributed by atoms with Crippen molar-refractivity contribution in [1.82, 2.24) is 10.3 Å². The predicted molar refractivity (Wildman–Crippen MR) is 72.6 cm³/mol. The van der Waals surface area contributed by atoms with E-state index in [9.17, 15) is 4.79 Å². The third-order valence-corrected chi connectivity index (χ3v) is 2.94. The fourth-order valence-corrected chi connectivity index (χ4v) is 2.13. The van der Waals surface area contributed by atoms with Gasteiger partial charge in [-0.1, -0.05) is 23.9 Å². The number of para-hydroxylation sites is 2. The number of nitrogens with one attached hydrogen (secondary N) is 1. The van der Waals surface area contributed by atoms with Crippen LogP contribution in [0.1, 0.15) is 20.8 Å². The zero-order chi connectivity index (χ0) is 13.2. The minimum atomic E-state index is -0.209. The maximum Gasteiger partial charge on any atom is 0.257 e. The number of nitrogens with zero attached hydrogens (tertiary/aromatic N) is 1. The number of oxazole rings is 1. The number of aromatic nitrogens is 1. The second-order valence-corrected chi connectivity index (χ2v) is 5.96. The summed E-state index contributed by atoms with van der Waals surface area (Å²) in [6, 6.07) is 7.56. The summed E-state index contributed by atoms with van der Waals surface area (Å²) in [7, 11) is 0. The van der Waals surface area contributed by atoms with Crippen LogP contribution in [0.4, 0.5) is 0 Å². The van der Waals surface area contributed by atoms with Gasteiger partial charge in [-0.3, -0.25) is 4.79 Å². The molecule has 0 spiro atoms. The van der Waals surface area contributed by atoms with Crippen molar-refractivity contribution in [3.05, 3.63) is 24.3 Å². The molecular formula is C13H16N2O2S. The molecule has 4 nitrogen and oxygen atoms in total. The summed E-state index contributed by atoms with van der Waals surface area (Å²) >= 11 is 1.31. The molecule has 1 heterocycles. The molecule has 0 atom stereocenters. The van der Waals surface area contributed by atoms with E-state index in [1.165, 1.54) is 11.8 Å². The number of hydrogen-bond acceptors (Lipinski definition) is 4. The normalized spacial score (nSPS) is 11.7. The van der Waals surface area contributed by atoms with Gasteiger partial charge in [-0.2, -0.15) is 0 Å². The van der Waals surface area contributed by atoms with E-state index in [4.69, 9.17) is 4.42 Å². The lowest BCUT2D eigenvalue weighted by molar-refractivity contribution is -0.119. The molecule has 0 bridgehead atoms. The number of thioether (sulfide) groups is 1. The molecule has 2 aromatic rings. The van der Waals surface area contributed by atoms with Crippen LogP contribution in [0.5, 0.6) is 0 Å². The third kappa shape index (κ3) is 3.50. The summed E-state index contributed by atoms with van der Waals surface area (Å²) in [5.74, 6) is 0.291. The van der Waals surface area contributed by atoms with Gasteiger partial charge in [0.15, 0.2) is 5.58 Å². The van der Waals surface area contributed by atoms with Gasteiger partial charge in [0.05, 0.1) is 5.75 Å². The van der Waals surface area contributed by atoms with Crippen molar-refractivity contribution >= 4 is 28.8 Å². The Hall–Kier alpha value is -1.49.